The molecule has 0 spiro atoms. The van der Waals surface area contributed by atoms with E-state index < -0.39 is 0 Å². The first kappa shape index (κ1) is 19.1. The lowest BCUT2D eigenvalue weighted by molar-refractivity contribution is -0.149. The maximum absolute atomic E-state index is 12.3. The normalized spacial score (nSPS) is 31.8. The summed E-state index contributed by atoms with van der Waals surface area (Å²) in [7, 11) is 1.53. The fourth-order valence-electron chi connectivity index (χ4n) is 5.20. The van der Waals surface area contributed by atoms with Gasteiger partial charge in [0.05, 0.1) is 7.11 Å². The van der Waals surface area contributed by atoms with Gasteiger partial charge in [0.15, 0.2) is 0 Å². The summed E-state index contributed by atoms with van der Waals surface area (Å²) >= 11 is 0. The number of hydrogen-bond donors (Lipinski definition) is 1. The molecular formula is C20H37N3O2. The van der Waals surface area contributed by atoms with Crippen molar-refractivity contribution in [1.29, 1.82) is 0 Å². The Hall–Kier alpha value is -0.650. The number of likely N-dealkylation sites (tertiary alicyclic amines) is 1. The van der Waals surface area contributed by atoms with E-state index in [1.54, 1.807) is 0 Å². The molecule has 25 heavy (non-hydrogen) atoms. The molecular weight excluding hydrogens is 314 g/mol. The number of piperidine rings is 1. The number of carbonyl (C=O) groups excluding carboxylic acids is 1. The quantitative estimate of drug-likeness (QED) is 0.714. The SMILES string of the molecule is CCCN1CNC2CC(C(=O)OC)N(CCCC3CCCCC3)CC21. The third-order valence-electron chi connectivity index (χ3n) is 6.60. The monoisotopic (exact) mass is 351 g/mol. The predicted octanol–water partition coefficient (Wildman–Crippen LogP) is 2.60. The van der Waals surface area contributed by atoms with Crippen LogP contribution in [0.2, 0.25) is 0 Å². The summed E-state index contributed by atoms with van der Waals surface area (Å²) < 4.78 is 5.12. The van der Waals surface area contributed by atoms with Crippen LogP contribution in [0.15, 0.2) is 0 Å². The van der Waals surface area contributed by atoms with Crippen LogP contribution in [-0.2, 0) is 9.53 Å². The minimum Gasteiger partial charge on any atom is -0.468 e. The second-order valence-corrected chi connectivity index (χ2v) is 8.26. The molecule has 0 bridgehead atoms. The fourth-order valence-corrected chi connectivity index (χ4v) is 5.20. The Morgan fingerprint density at radius 1 is 1.16 bits per heavy atom. The van der Waals surface area contributed by atoms with Crippen LogP contribution in [0.4, 0.5) is 0 Å². The van der Waals surface area contributed by atoms with Crippen molar-refractivity contribution in [2.24, 2.45) is 5.92 Å². The lowest BCUT2D eigenvalue weighted by Gasteiger charge is -2.42. The first-order valence-electron chi connectivity index (χ1n) is 10.5. The van der Waals surface area contributed by atoms with E-state index in [1.807, 2.05) is 0 Å². The number of hydrogen-bond acceptors (Lipinski definition) is 5. The Labute approximate surface area is 153 Å². The van der Waals surface area contributed by atoms with Gasteiger partial charge in [0.2, 0.25) is 0 Å². The average Bonchev–Trinajstić information content (AvgIpc) is 3.03. The van der Waals surface area contributed by atoms with E-state index in [4.69, 9.17) is 4.74 Å². The highest BCUT2D eigenvalue weighted by molar-refractivity contribution is 5.76. The lowest BCUT2D eigenvalue weighted by atomic mass is 9.86. The van der Waals surface area contributed by atoms with Gasteiger partial charge < -0.3 is 4.74 Å². The molecule has 2 aliphatic heterocycles. The van der Waals surface area contributed by atoms with Crippen LogP contribution in [0.3, 0.4) is 0 Å². The van der Waals surface area contributed by atoms with Gasteiger partial charge in [-0.25, -0.2) is 0 Å². The minimum absolute atomic E-state index is 0.0492. The van der Waals surface area contributed by atoms with Gasteiger partial charge in [0.1, 0.15) is 6.04 Å². The van der Waals surface area contributed by atoms with Crippen molar-refractivity contribution >= 4 is 5.97 Å². The van der Waals surface area contributed by atoms with Gasteiger partial charge in [0, 0.05) is 25.3 Å². The molecule has 0 aromatic carbocycles. The van der Waals surface area contributed by atoms with Crippen molar-refractivity contribution < 1.29 is 9.53 Å². The zero-order chi connectivity index (χ0) is 17.6. The van der Waals surface area contributed by atoms with Crippen molar-refractivity contribution in [2.45, 2.75) is 82.8 Å². The molecule has 5 heteroatoms. The van der Waals surface area contributed by atoms with Gasteiger partial charge in [-0.2, -0.15) is 0 Å². The minimum atomic E-state index is -0.0633. The summed E-state index contributed by atoms with van der Waals surface area (Å²) in [5, 5.41) is 3.62. The zero-order valence-electron chi connectivity index (χ0n) is 16.2. The molecule has 0 aromatic heterocycles. The summed E-state index contributed by atoms with van der Waals surface area (Å²) in [6.45, 7) is 6.40. The average molecular weight is 352 g/mol. The summed E-state index contributed by atoms with van der Waals surface area (Å²) in [6.07, 6.45) is 11.7. The van der Waals surface area contributed by atoms with Crippen LogP contribution in [-0.4, -0.2) is 67.3 Å². The van der Waals surface area contributed by atoms with Crippen LogP contribution < -0.4 is 5.32 Å². The Morgan fingerprint density at radius 2 is 1.96 bits per heavy atom. The fraction of sp³-hybridized carbons (Fsp3) is 0.950. The Kier molecular flexibility index (Phi) is 7.14. The third-order valence-corrected chi connectivity index (χ3v) is 6.60. The molecule has 1 saturated carbocycles. The number of carbonyl (C=O) groups is 1. The van der Waals surface area contributed by atoms with Crippen molar-refractivity contribution in [3.05, 3.63) is 0 Å². The molecule has 1 N–H and O–H groups in total. The topological polar surface area (TPSA) is 44.8 Å². The Morgan fingerprint density at radius 3 is 2.68 bits per heavy atom. The van der Waals surface area contributed by atoms with Gasteiger partial charge in [-0.05, 0) is 44.7 Å². The summed E-state index contributed by atoms with van der Waals surface area (Å²) in [5.74, 6) is 0.875. The predicted molar refractivity (Wildman–Crippen MR) is 100 cm³/mol. The highest BCUT2D eigenvalue weighted by Gasteiger charge is 2.44. The third kappa shape index (κ3) is 4.75. The largest absolute Gasteiger partial charge is 0.468 e. The number of nitrogens with one attached hydrogen (secondary N) is 1. The lowest BCUT2D eigenvalue weighted by Crippen LogP contribution is -2.58. The first-order valence-corrected chi connectivity index (χ1v) is 10.5. The highest BCUT2D eigenvalue weighted by Crippen LogP contribution is 2.29. The van der Waals surface area contributed by atoms with Gasteiger partial charge in [-0.15, -0.1) is 0 Å². The standard InChI is InChI=1S/C20H37N3O2/c1-3-11-23-15-21-17-13-18(20(24)25-2)22(14-19(17)23)12-7-10-16-8-5-4-6-9-16/h16-19,21H,3-15H2,1-2H3. The number of nitrogens with zero attached hydrogens (tertiary/aromatic N) is 2. The van der Waals surface area contributed by atoms with Crippen molar-refractivity contribution in [3.63, 3.8) is 0 Å². The van der Waals surface area contributed by atoms with Crippen LogP contribution in [0.1, 0.15) is 64.7 Å². The second-order valence-electron chi connectivity index (χ2n) is 8.26. The summed E-state index contributed by atoms with van der Waals surface area (Å²) in [6, 6.07) is 0.924. The molecule has 3 atom stereocenters. The number of methoxy groups -OCH3 is 1. The molecule has 3 rings (SSSR count). The van der Waals surface area contributed by atoms with E-state index >= 15 is 0 Å². The van der Waals surface area contributed by atoms with Crippen molar-refractivity contribution in [2.75, 3.05) is 33.4 Å². The molecule has 3 fully saturated rings. The Balaban J connectivity index is 1.56. The number of fused-ring (bicyclic) bond motifs is 1. The molecule has 1 aliphatic carbocycles. The molecule has 0 amide bonds. The smallest absolute Gasteiger partial charge is 0.323 e. The first-order chi connectivity index (χ1) is 12.2. The van der Waals surface area contributed by atoms with E-state index in [1.165, 1.54) is 58.5 Å². The molecule has 0 aromatic rings. The highest BCUT2D eigenvalue weighted by atomic mass is 16.5. The van der Waals surface area contributed by atoms with Crippen molar-refractivity contribution in [1.82, 2.24) is 15.1 Å². The van der Waals surface area contributed by atoms with E-state index in [0.29, 0.717) is 12.1 Å². The van der Waals surface area contributed by atoms with Crippen LogP contribution in [0.5, 0.6) is 0 Å². The van der Waals surface area contributed by atoms with Crippen LogP contribution in [0.25, 0.3) is 0 Å². The van der Waals surface area contributed by atoms with Gasteiger partial charge in [-0.3, -0.25) is 19.9 Å². The maximum atomic E-state index is 12.3. The molecule has 144 valence electrons. The van der Waals surface area contributed by atoms with Crippen LogP contribution in [0, 0.1) is 5.92 Å². The van der Waals surface area contributed by atoms with Gasteiger partial charge in [0.25, 0.3) is 0 Å². The summed E-state index contributed by atoms with van der Waals surface area (Å²) in [5.41, 5.74) is 0. The molecule has 0 radical (unpaired) electrons. The van der Waals surface area contributed by atoms with E-state index in [-0.39, 0.29) is 12.0 Å². The summed E-state index contributed by atoms with van der Waals surface area (Å²) in [4.78, 5) is 17.3. The molecule has 2 heterocycles. The molecule has 5 nitrogen and oxygen atoms in total. The van der Waals surface area contributed by atoms with E-state index in [2.05, 4.69) is 22.0 Å². The zero-order valence-corrected chi connectivity index (χ0v) is 16.2. The number of esters is 1. The maximum Gasteiger partial charge on any atom is 0.323 e. The van der Waals surface area contributed by atoms with E-state index in [9.17, 15) is 4.79 Å². The molecule has 2 saturated heterocycles. The Bertz CT molecular complexity index is 425. The number of ether oxygens (including phenoxy) is 1. The molecule has 3 unspecified atom stereocenters. The van der Waals surface area contributed by atoms with Gasteiger partial charge >= 0.3 is 5.97 Å². The van der Waals surface area contributed by atoms with E-state index in [0.717, 1.165) is 38.6 Å². The number of rotatable bonds is 7. The van der Waals surface area contributed by atoms with Gasteiger partial charge in [-0.1, -0.05) is 39.0 Å². The van der Waals surface area contributed by atoms with Crippen molar-refractivity contribution in [3.8, 4) is 0 Å². The second kappa shape index (κ2) is 9.33. The van der Waals surface area contributed by atoms with Crippen LogP contribution >= 0.6 is 0 Å². The molecule has 3 aliphatic rings.